The molecule has 0 aliphatic heterocycles. The first-order valence-electron chi connectivity index (χ1n) is 7.72. The molecule has 0 bridgehead atoms. The van der Waals surface area contributed by atoms with E-state index in [9.17, 15) is 13.6 Å². The number of nitrogens with zero attached hydrogens (tertiary/aromatic N) is 3. The predicted molar refractivity (Wildman–Crippen MR) is 92.7 cm³/mol. The zero-order chi connectivity index (χ0) is 18.7. The van der Waals surface area contributed by atoms with Crippen molar-refractivity contribution in [2.75, 3.05) is 5.32 Å². The Morgan fingerprint density at radius 2 is 2.00 bits per heavy atom. The number of halogens is 2. The summed E-state index contributed by atoms with van der Waals surface area (Å²) in [7, 11) is 1.48. The van der Waals surface area contributed by atoms with Crippen LogP contribution in [0.15, 0.2) is 54.7 Å². The van der Waals surface area contributed by atoms with Gasteiger partial charge in [0.2, 0.25) is 0 Å². The van der Waals surface area contributed by atoms with Crippen LogP contribution in [0.25, 0.3) is 11.1 Å². The smallest absolute Gasteiger partial charge is 0.282 e. The van der Waals surface area contributed by atoms with E-state index in [0.29, 0.717) is 16.8 Å². The maximum absolute atomic E-state index is 13.1. The fourth-order valence-electron chi connectivity index (χ4n) is 2.63. The highest BCUT2D eigenvalue weighted by Crippen LogP contribution is 2.29. The third kappa shape index (κ3) is 3.44. The van der Waals surface area contributed by atoms with Gasteiger partial charge >= 0.3 is 0 Å². The summed E-state index contributed by atoms with van der Waals surface area (Å²) in [5, 5.41) is 15.4. The maximum atomic E-state index is 13.1. The normalized spacial score (nSPS) is 10.6. The molecular formula is C19H14F2N4O. The molecule has 0 atom stereocenters. The Labute approximate surface area is 148 Å². The van der Waals surface area contributed by atoms with Crippen LogP contribution in [-0.2, 0) is 7.05 Å². The molecule has 3 rings (SSSR count). The molecule has 1 heterocycles. The Balaban J connectivity index is 1.97. The number of alkyl halides is 2. The number of anilines is 1. The van der Waals surface area contributed by atoms with Gasteiger partial charge in [0.25, 0.3) is 12.3 Å². The van der Waals surface area contributed by atoms with Gasteiger partial charge in [0.15, 0.2) is 0 Å². The average Bonchev–Trinajstić information content (AvgIpc) is 3.04. The molecular weight excluding hydrogens is 338 g/mol. The van der Waals surface area contributed by atoms with Gasteiger partial charge in [-0.05, 0) is 23.8 Å². The fourth-order valence-corrected chi connectivity index (χ4v) is 2.63. The summed E-state index contributed by atoms with van der Waals surface area (Å²) in [5.41, 5.74) is 1.62. The number of aryl methyl sites for hydroxylation is 1. The highest BCUT2D eigenvalue weighted by Gasteiger charge is 2.23. The molecule has 0 saturated carbocycles. The Morgan fingerprint density at radius 1 is 1.23 bits per heavy atom. The van der Waals surface area contributed by atoms with E-state index in [0.717, 1.165) is 5.56 Å². The van der Waals surface area contributed by atoms with Crippen LogP contribution in [0.1, 0.15) is 28.0 Å². The molecule has 26 heavy (non-hydrogen) atoms. The summed E-state index contributed by atoms with van der Waals surface area (Å²) in [6, 6.07) is 15.9. The second kappa shape index (κ2) is 7.15. The van der Waals surface area contributed by atoms with Gasteiger partial charge in [0.1, 0.15) is 5.69 Å². The third-order valence-corrected chi connectivity index (χ3v) is 3.79. The molecule has 0 spiro atoms. The van der Waals surface area contributed by atoms with Crippen LogP contribution < -0.4 is 5.32 Å². The Kier molecular flexibility index (Phi) is 4.76. The number of nitriles is 1. The molecule has 5 nitrogen and oxygen atoms in total. The number of hydrogen-bond acceptors (Lipinski definition) is 3. The molecule has 0 saturated heterocycles. The van der Waals surface area contributed by atoms with Crippen LogP contribution in [0.3, 0.4) is 0 Å². The van der Waals surface area contributed by atoms with Crippen molar-refractivity contribution in [1.29, 1.82) is 5.26 Å². The van der Waals surface area contributed by atoms with E-state index in [1.807, 2.05) is 0 Å². The van der Waals surface area contributed by atoms with E-state index >= 15 is 0 Å². The van der Waals surface area contributed by atoms with Crippen molar-refractivity contribution < 1.29 is 13.6 Å². The molecule has 1 amide bonds. The molecule has 0 aliphatic rings. The van der Waals surface area contributed by atoms with Crippen LogP contribution >= 0.6 is 0 Å². The minimum Gasteiger partial charge on any atom is -0.321 e. The highest BCUT2D eigenvalue weighted by molar-refractivity contribution is 6.07. The SMILES string of the molecule is Cn1cc(C(=O)Nc2ccccc2-c2cccc(C#N)c2)c(C(F)F)n1. The van der Waals surface area contributed by atoms with Crippen LogP contribution in [0, 0.1) is 11.3 Å². The van der Waals surface area contributed by atoms with Crippen molar-refractivity contribution in [3.05, 3.63) is 71.5 Å². The number of para-hydroxylation sites is 1. The third-order valence-electron chi connectivity index (χ3n) is 3.79. The topological polar surface area (TPSA) is 70.7 Å². The number of amides is 1. The number of hydrogen-bond donors (Lipinski definition) is 1. The predicted octanol–water partition coefficient (Wildman–Crippen LogP) is 4.15. The second-order valence-electron chi connectivity index (χ2n) is 5.59. The molecule has 1 aromatic heterocycles. The zero-order valence-corrected chi connectivity index (χ0v) is 13.8. The first kappa shape index (κ1) is 17.3. The summed E-state index contributed by atoms with van der Waals surface area (Å²) >= 11 is 0. The largest absolute Gasteiger partial charge is 0.321 e. The van der Waals surface area contributed by atoms with Crippen molar-refractivity contribution in [3.63, 3.8) is 0 Å². The highest BCUT2D eigenvalue weighted by atomic mass is 19.3. The first-order chi connectivity index (χ1) is 12.5. The monoisotopic (exact) mass is 352 g/mol. The molecule has 130 valence electrons. The standard InChI is InChI=1S/C19H14F2N4O/c1-25-11-15(17(24-25)18(20)21)19(26)23-16-8-3-2-7-14(16)13-6-4-5-12(9-13)10-22/h2-9,11,18H,1H3,(H,23,26). The fraction of sp³-hybridized carbons (Fsp3) is 0.105. The van der Waals surface area contributed by atoms with Gasteiger partial charge in [-0.3, -0.25) is 9.48 Å². The van der Waals surface area contributed by atoms with Crippen LogP contribution in [0.5, 0.6) is 0 Å². The van der Waals surface area contributed by atoms with E-state index in [2.05, 4.69) is 16.5 Å². The van der Waals surface area contributed by atoms with Crippen LogP contribution in [0.4, 0.5) is 14.5 Å². The molecule has 0 aliphatic carbocycles. The Hall–Kier alpha value is -3.53. The first-order valence-corrected chi connectivity index (χ1v) is 7.72. The van der Waals surface area contributed by atoms with E-state index in [1.54, 1.807) is 48.5 Å². The summed E-state index contributed by atoms with van der Waals surface area (Å²) in [5.74, 6) is -0.669. The maximum Gasteiger partial charge on any atom is 0.282 e. The number of benzene rings is 2. The minimum absolute atomic E-state index is 0.178. The van der Waals surface area contributed by atoms with Crippen molar-refractivity contribution in [2.24, 2.45) is 7.05 Å². The lowest BCUT2D eigenvalue weighted by atomic mass is 10.0. The van der Waals surface area contributed by atoms with Crippen molar-refractivity contribution >= 4 is 11.6 Å². The van der Waals surface area contributed by atoms with Crippen molar-refractivity contribution in [3.8, 4) is 17.2 Å². The molecule has 2 aromatic carbocycles. The molecule has 0 fully saturated rings. The van der Waals surface area contributed by atoms with Gasteiger partial charge in [-0.2, -0.15) is 10.4 Å². The van der Waals surface area contributed by atoms with Crippen molar-refractivity contribution in [1.82, 2.24) is 9.78 Å². The van der Waals surface area contributed by atoms with Gasteiger partial charge in [0, 0.05) is 24.5 Å². The van der Waals surface area contributed by atoms with Gasteiger partial charge in [-0.15, -0.1) is 0 Å². The lowest BCUT2D eigenvalue weighted by Crippen LogP contribution is -2.14. The van der Waals surface area contributed by atoms with E-state index in [-0.39, 0.29) is 5.56 Å². The molecule has 0 unspecified atom stereocenters. The number of aromatic nitrogens is 2. The Morgan fingerprint density at radius 3 is 2.73 bits per heavy atom. The Bertz CT molecular complexity index is 1000. The summed E-state index contributed by atoms with van der Waals surface area (Å²) < 4.78 is 27.3. The van der Waals surface area contributed by atoms with Crippen LogP contribution in [0.2, 0.25) is 0 Å². The number of nitrogens with one attached hydrogen (secondary N) is 1. The van der Waals surface area contributed by atoms with E-state index in [4.69, 9.17) is 5.26 Å². The second-order valence-corrected chi connectivity index (χ2v) is 5.59. The number of carbonyl (C=O) groups is 1. The summed E-state index contributed by atoms with van der Waals surface area (Å²) in [6.07, 6.45) is -1.59. The molecule has 3 aromatic rings. The number of rotatable bonds is 4. The van der Waals surface area contributed by atoms with Gasteiger partial charge in [-0.1, -0.05) is 30.3 Å². The summed E-state index contributed by atoms with van der Waals surface area (Å²) in [6.45, 7) is 0. The molecule has 0 radical (unpaired) electrons. The van der Waals surface area contributed by atoms with Gasteiger partial charge in [0.05, 0.1) is 17.2 Å². The minimum atomic E-state index is -2.85. The van der Waals surface area contributed by atoms with E-state index in [1.165, 1.54) is 17.9 Å². The number of carbonyl (C=O) groups excluding carboxylic acids is 1. The summed E-state index contributed by atoms with van der Waals surface area (Å²) in [4.78, 5) is 12.5. The van der Waals surface area contributed by atoms with E-state index < -0.39 is 18.0 Å². The van der Waals surface area contributed by atoms with Gasteiger partial charge < -0.3 is 5.32 Å². The lowest BCUT2D eigenvalue weighted by molar-refractivity contribution is 0.101. The molecule has 7 heteroatoms. The van der Waals surface area contributed by atoms with Crippen LogP contribution in [-0.4, -0.2) is 15.7 Å². The lowest BCUT2D eigenvalue weighted by Gasteiger charge is -2.11. The zero-order valence-electron chi connectivity index (χ0n) is 13.8. The average molecular weight is 352 g/mol. The van der Waals surface area contributed by atoms with Crippen molar-refractivity contribution in [2.45, 2.75) is 6.43 Å². The van der Waals surface area contributed by atoms with Gasteiger partial charge in [-0.25, -0.2) is 8.78 Å². The molecule has 1 N–H and O–H groups in total. The quantitative estimate of drug-likeness (QED) is 0.767.